The summed E-state index contributed by atoms with van der Waals surface area (Å²) in [7, 11) is 0. The van der Waals surface area contributed by atoms with E-state index in [1.54, 1.807) is 0 Å². The maximum Gasteiger partial charge on any atom is 0.0113 e. The zero-order valence-corrected chi connectivity index (χ0v) is 13.6. The lowest BCUT2D eigenvalue weighted by molar-refractivity contribution is 0.245. The minimum absolute atomic E-state index is 0.855. The van der Waals surface area contributed by atoms with Gasteiger partial charge in [0.15, 0.2) is 0 Å². The molecule has 0 aromatic rings. The quantitative estimate of drug-likeness (QED) is 0.440. The second kappa shape index (κ2) is 9.14. The van der Waals surface area contributed by atoms with Gasteiger partial charge in [0.05, 0.1) is 0 Å². The van der Waals surface area contributed by atoms with E-state index in [4.69, 9.17) is 0 Å². The monoisotopic (exact) mass is 284 g/mol. The summed E-state index contributed by atoms with van der Waals surface area (Å²) in [5.74, 6) is 6.18. The summed E-state index contributed by atoms with van der Waals surface area (Å²) in [6.45, 7) is 12.5. The van der Waals surface area contributed by atoms with Gasteiger partial charge in [-0.15, -0.1) is 13.2 Å². The Balaban J connectivity index is 2.37. The molecule has 0 amide bonds. The van der Waals surface area contributed by atoms with Gasteiger partial charge in [-0.25, -0.2) is 0 Å². The Hall–Kier alpha value is 0.180. The van der Waals surface area contributed by atoms with Crippen molar-refractivity contribution >= 4 is 23.5 Å². The van der Waals surface area contributed by atoms with Crippen LogP contribution in [-0.4, -0.2) is 22.5 Å². The van der Waals surface area contributed by atoms with Gasteiger partial charge in [0, 0.05) is 16.8 Å². The molecule has 4 unspecified atom stereocenters. The average Bonchev–Trinajstić information content (AvgIpc) is 2.38. The van der Waals surface area contributed by atoms with Crippen LogP contribution in [0.3, 0.4) is 0 Å². The largest absolute Gasteiger partial charge is 0.158 e. The minimum Gasteiger partial charge on any atom is -0.158 e. The molecule has 0 aromatic carbocycles. The summed E-state index contributed by atoms with van der Waals surface area (Å²) in [5.41, 5.74) is 0. The smallest absolute Gasteiger partial charge is 0.0113 e. The second-order valence-corrected chi connectivity index (χ2v) is 7.86. The highest BCUT2D eigenvalue weighted by Crippen LogP contribution is 2.40. The highest BCUT2D eigenvalue weighted by molar-refractivity contribution is 8.00. The summed E-state index contributed by atoms with van der Waals surface area (Å²) in [5, 5.41) is 0.855. The predicted octanol–water partition coefficient (Wildman–Crippen LogP) is 5.27. The van der Waals surface area contributed by atoms with Crippen molar-refractivity contribution in [1.82, 2.24) is 0 Å². The van der Waals surface area contributed by atoms with Crippen LogP contribution in [0.2, 0.25) is 0 Å². The first kappa shape index (κ1) is 16.2. The molecule has 0 nitrogen and oxygen atoms in total. The summed E-state index contributed by atoms with van der Waals surface area (Å²) in [6, 6.07) is 0. The van der Waals surface area contributed by atoms with Gasteiger partial charge in [0.25, 0.3) is 0 Å². The first-order chi connectivity index (χ1) is 8.69. The van der Waals surface area contributed by atoms with Crippen LogP contribution in [0.5, 0.6) is 0 Å². The van der Waals surface area contributed by atoms with Crippen LogP contribution in [-0.2, 0) is 0 Å². The molecule has 104 valence electrons. The summed E-state index contributed by atoms with van der Waals surface area (Å²) in [6.07, 6.45) is 8.32. The van der Waals surface area contributed by atoms with Crippen LogP contribution < -0.4 is 0 Å². The minimum atomic E-state index is 0.855. The molecular formula is C16H28S2. The molecule has 0 spiro atoms. The normalized spacial score (nSPS) is 29.8. The van der Waals surface area contributed by atoms with E-state index in [9.17, 15) is 0 Å². The van der Waals surface area contributed by atoms with Crippen LogP contribution in [0.1, 0.15) is 33.1 Å². The van der Waals surface area contributed by atoms with Crippen molar-refractivity contribution in [3.8, 4) is 0 Å². The van der Waals surface area contributed by atoms with Gasteiger partial charge in [-0.2, -0.15) is 23.5 Å². The fourth-order valence-electron chi connectivity index (χ4n) is 2.73. The molecule has 0 radical (unpaired) electrons. The lowest BCUT2D eigenvalue weighted by Gasteiger charge is -2.36. The molecule has 1 aliphatic rings. The third-order valence-electron chi connectivity index (χ3n) is 4.01. The highest BCUT2D eigenvalue weighted by Gasteiger charge is 2.30. The van der Waals surface area contributed by atoms with Crippen molar-refractivity contribution in [3.63, 3.8) is 0 Å². The Morgan fingerprint density at radius 3 is 2.61 bits per heavy atom. The fraction of sp³-hybridized carbons (Fsp3) is 0.750. The molecule has 0 aromatic heterocycles. The van der Waals surface area contributed by atoms with Crippen LogP contribution in [0.15, 0.2) is 25.3 Å². The van der Waals surface area contributed by atoms with Gasteiger partial charge >= 0.3 is 0 Å². The molecule has 0 aliphatic heterocycles. The maximum atomic E-state index is 3.84. The molecule has 1 aliphatic carbocycles. The second-order valence-electron chi connectivity index (χ2n) is 5.51. The Morgan fingerprint density at radius 2 is 1.94 bits per heavy atom. The fourth-order valence-corrected chi connectivity index (χ4v) is 4.90. The molecule has 4 atom stereocenters. The standard InChI is InChI=1S/C16H28S2/c1-5-9-17-12-14(4)15-8-7-13(3)16(11-15)18-10-6-2/h5-6,13-16H,1-2,7-12H2,3-4H3. The molecule has 2 heteroatoms. The zero-order valence-electron chi connectivity index (χ0n) is 11.9. The average molecular weight is 285 g/mol. The third kappa shape index (κ3) is 5.44. The SMILES string of the molecule is C=CCSCC(C)C1CCC(C)C(SCC=C)C1. The Bertz CT molecular complexity index is 249. The van der Waals surface area contributed by atoms with Crippen LogP contribution in [0.4, 0.5) is 0 Å². The molecule has 1 rings (SSSR count). The molecule has 0 N–H and O–H groups in total. The van der Waals surface area contributed by atoms with Gasteiger partial charge in [-0.05, 0) is 42.8 Å². The number of hydrogen-bond acceptors (Lipinski definition) is 2. The zero-order chi connectivity index (χ0) is 13.4. The predicted molar refractivity (Wildman–Crippen MR) is 89.6 cm³/mol. The molecule has 1 saturated carbocycles. The summed E-state index contributed by atoms with van der Waals surface area (Å²) in [4.78, 5) is 0. The molecule has 1 fully saturated rings. The Morgan fingerprint density at radius 1 is 1.22 bits per heavy atom. The van der Waals surface area contributed by atoms with E-state index in [2.05, 4.69) is 38.8 Å². The van der Waals surface area contributed by atoms with Crippen molar-refractivity contribution in [2.24, 2.45) is 17.8 Å². The van der Waals surface area contributed by atoms with Gasteiger partial charge in [-0.1, -0.05) is 26.0 Å². The van der Waals surface area contributed by atoms with Crippen LogP contribution in [0, 0.1) is 17.8 Å². The van der Waals surface area contributed by atoms with E-state index in [0.29, 0.717) is 0 Å². The van der Waals surface area contributed by atoms with Gasteiger partial charge < -0.3 is 0 Å². The summed E-state index contributed by atoms with van der Waals surface area (Å²) >= 11 is 4.15. The van der Waals surface area contributed by atoms with Crippen molar-refractivity contribution < 1.29 is 0 Å². The van der Waals surface area contributed by atoms with Gasteiger partial charge in [0.1, 0.15) is 0 Å². The molecule has 0 bridgehead atoms. The van der Waals surface area contributed by atoms with Crippen molar-refractivity contribution in [3.05, 3.63) is 25.3 Å². The molecule has 0 saturated heterocycles. The highest BCUT2D eigenvalue weighted by atomic mass is 32.2. The van der Waals surface area contributed by atoms with Crippen molar-refractivity contribution in [2.75, 3.05) is 17.3 Å². The number of rotatable bonds is 8. The number of thioether (sulfide) groups is 2. The molecule has 18 heavy (non-hydrogen) atoms. The van der Waals surface area contributed by atoms with Crippen molar-refractivity contribution in [1.29, 1.82) is 0 Å². The maximum absolute atomic E-state index is 3.84. The van der Waals surface area contributed by atoms with E-state index in [0.717, 1.165) is 34.5 Å². The van der Waals surface area contributed by atoms with E-state index in [1.807, 2.05) is 23.9 Å². The topological polar surface area (TPSA) is 0 Å². The van der Waals surface area contributed by atoms with Gasteiger partial charge in [0.2, 0.25) is 0 Å². The van der Waals surface area contributed by atoms with Crippen LogP contribution >= 0.6 is 23.5 Å². The number of hydrogen-bond donors (Lipinski definition) is 0. The van der Waals surface area contributed by atoms with E-state index in [1.165, 1.54) is 25.0 Å². The third-order valence-corrected chi connectivity index (χ3v) is 6.76. The first-order valence-corrected chi connectivity index (χ1v) is 9.30. The summed E-state index contributed by atoms with van der Waals surface area (Å²) < 4.78 is 0. The lowest BCUT2D eigenvalue weighted by Crippen LogP contribution is -2.29. The van der Waals surface area contributed by atoms with E-state index < -0.39 is 0 Å². The Labute approximate surface area is 122 Å². The van der Waals surface area contributed by atoms with E-state index >= 15 is 0 Å². The van der Waals surface area contributed by atoms with Gasteiger partial charge in [-0.3, -0.25) is 0 Å². The lowest BCUT2D eigenvalue weighted by atomic mass is 9.77. The first-order valence-electron chi connectivity index (χ1n) is 7.10. The van der Waals surface area contributed by atoms with Crippen molar-refractivity contribution in [2.45, 2.75) is 38.4 Å². The molecule has 0 heterocycles. The molecular weight excluding hydrogens is 256 g/mol. The van der Waals surface area contributed by atoms with E-state index in [-0.39, 0.29) is 0 Å². The Kier molecular flexibility index (Phi) is 8.25. The van der Waals surface area contributed by atoms with Crippen LogP contribution in [0.25, 0.3) is 0 Å².